The Morgan fingerprint density at radius 2 is 1.66 bits per heavy atom. The number of methoxy groups -OCH3 is 1. The van der Waals surface area contributed by atoms with Gasteiger partial charge in [0.25, 0.3) is 0 Å². The first-order valence-electron chi connectivity index (χ1n) is 14.0. The molecule has 0 spiro atoms. The summed E-state index contributed by atoms with van der Waals surface area (Å²) in [7, 11) is 1.63. The molecule has 7 nitrogen and oxygen atoms in total. The Hall–Kier alpha value is -3.35. The van der Waals surface area contributed by atoms with Crippen molar-refractivity contribution in [3.05, 3.63) is 59.9 Å². The van der Waals surface area contributed by atoms with Gasteiger partial charge >= 0.3 is 0 Å². The molecule has 0 bridgehead atoms. The molecule has 0 saturated carbocycles. The molecule has 1 N–H and O–H groups in total. The summed E-state index contributed by atoms with van der Waals surface area (Å²) >= 11 is 0. The number of hydrogen-bond acceptors (Lipinski definition) is 4. The van der Waals surface area contributed by atoms with Gasteiger partial charge in [-0.1, -0.05) is 44.5 Å². The second kappa shape index (κ2) is 14.6. The standard InChI is InChI=1S/C31H44N4O3/c1-6-23(3)35(24(4)7-2)31(37)22-34-28-14-11-10-13-27(28)33-29(34)15-9-8-12-20-32-30(36)21-25-16-18-26(38-5)19-17-25/h10-11,13-14,16-19,23-24H,6-9,12,15,20-22H2,1-5H3,(H,32,36). The van der Waals surface area contributed by atoms with Crippen LogP contribution in [-0.4, -0.2) is 52.0 Å². The van der Waals surface area contributed by atoms with Crippen molar-refractivity contribution < 1.29 is 14.3 Å². The fourth-order valence-electron chi connectivity index (χ4n) is 4.83. The first kappa shape index (κ1) is 29.2. The van der Waals surface area contributed by atoms with Crippen LogP contribution in [0.2, 0.25) is 0 Å². The van der Waals surface area contributed by atoms with E-state index in [-0.39, 0.29) is 23.9 Å². The number of amides is 2. The van der Waals surface area contributed by atoms with Gasteiger partial charge in [0.15, 0.2) is 0 Å². The molecule has 0 fully saturated rings. The second-order valence-electron chi connectivity index (χ2n) is 10.1. The SMILES string of the molecule is CCC(C)N(C(=O)Cn1c(CCCCCNC(=O)Cc2ccc(OC)cc2)nc2ccccc21)C(C)CC. The highest BCUT2D eigenvalue weighted by Crippen LogP contribution is 2.20. The number of nitrogens with zero attached hydrogens (tertiary/aromatic N) is 3. The molecule has 1 heterocycles. The summed E-state index contributed by atoms with van der Waals surface area (Å²) < 4.78 is 7.27. The van der Waals surface area contributed by atoms with E-state index in [1.807, 2.05) is 53.4 Å². The molecule has 38 heavy (non-hydrogen) atoms. The van der Waals surface area contributed by atoms with Crippen molar-refractivity contribution in [1.29, 1.82) is 0 Å². The fourth-order valence-corrected chi connectivity index (χ4v) is 4.83. The number of ether oxygens (including phenoxy) is 1. The topological polar surface area (TPSA) is 76.5 Å². The highest BCUT2D eigenvalue weighted by atomic mass is 16.5. The summed E-state index contributed by atoms with van der Waals surface area (Å²) in [4.78, 5) is 32.7. The summed E-state index contributed by atoms with van der Waals surface area (Å²) in [5.74, 6) is 1.92. The Kier molecular flexibility index (Phi) is 11.2. The van der Waals surface area contributed by atoms with Gasteiger partial charge in [-0.05, 0) is 69.4 Å². The number of carbonyl (C=O) groups excluding carboxylic acids is 2. The molecule has 0 aliphatic carbocycles. The number of aryl methyl sites for hydroxylation is 1. The molecular formula is C31H44N4O3. The monoisotopic (exact) mass is 520 g/mol. The maximum atomic E-state index is 13.5. The molecule has 2 atom stereocenters. The van der Waals surface area contributed by atoms with Crippen molar-refractivity contribution in [3.63, 3.8) is 0 Å². The lowest BCUT2D eigenvalue weighted by molar-refractivity contribution is -0.136. The molecule has 0 aliphatic rings. The third-order valence-electron chi connectivity index (χ3n) is 7.37. The zero-order valence-corrected chi connectivity index (χ0v) is 23.7. The summed E-state index contributed by atoms with van der Waals surface area (Å²) in [6.45, 7) is 9.49. The van der Waals surface area contributed by atoms with Crippen LogP contribution in [0, 0.1) is 0 Å². The average Bonchev–Trinajstić information content (AvgIpc) is 3.27. The number of imidazole rings is 1. The lowest BCUT2D eigenvalue weighted by Crippen LogP contribution is -2.45. The number of unbranched alkanes of at least 4 members (excludes halogenated alkanes) is 2. The highest BCUT2D eigenvalue weighted by molar-refractivity contribution is 5.81. The highest BCUT2D eigenvalue weighted by Gasteiger charge is 2.25. The Morgan fingerprint density at radius 1 is 0.974 bits per heavy atom. The minimum Gasteiger partial charge on any atom is -0.497 e. The predicted octanol–water partition coefficient (Wildman–Crippen LogP) is 5.54. The number of nitrogens with one attached hydrogen (secondary N) is 1. The van der Waals surface area contributed by atoms with Crippen molar-refractivity contribution >= 4 is 22.8 Å². The van der Waals surface area contributed by atoms with Gasteiger partial charge < -0.3 is 19.5 Å². The predicted molar refractivity (Wildman–Crippen MR) is 153 cm³/mol. The third-order valence-corrected chi connectivity index (χ3v) is 7.37. The molecule has 2 aromatic carbocycles. The Labute approximate surface area is 227 Å². The van der Waals surface area contributed by atoms with Crippen molar-refractivity contribution in [2.45, 2.75) is 91.3 Å². The van der Waals surface area contributed by atoms with E-state index in [9.17, 15) is 9.59 Å². The molecule has 3 aromatic rings. The van der Waals surface area contributed by atoms with Crippen molar-refractivity contribution in [1.82, 2.24) is 19.8 Å². The van der Waals surface area contributed by atoms with E-state index >= 15 is 0 Å². The lowest BCUT2D eigenvalue weighted by atomic mass is 10.1. The number of benzene rings is 2. The molecule has 0 aliphatic heterocycles. The van der Waals surface area contributed by atoms with Gasteiger partial charge in [-0.25, -0.2) is 4.98 Å². The van der Waals surface area contributed by atoms with Crippen LogP contribution in [0.1, 0.15) is 71.2 Å². The summed E-state index contributed by atoms with van der Waals surface area (Å²) in [6.07, 6.45) is 5.87. The van der Waals surface area contributed by atoms with Gasteiger partial charge in [-0.15, -0.1) is 0 Å². The van der Waals surface area contributed by atoms with Gasteiger partial charge in [0.1, 0.15) is 18.1 Å². The van der Waals surface area contributed by atoms with Gasteiger partial charge in [0.05, 0.1) is 24.6 Å². The van der Waals surface area contributed by atoms with Crippen LogP contribution in [-0.2, 0) is 29.0 Å². The Balaban J connectivity index is 1.53. The number of para-hydroxylation sites is 2. The number of aromatic nitrogens is 2. The van der Waals surface area contributed by atoms with Crippen LogP contribution < -0.4 is 10.1 Å². The Morgan fingerprint density at radius 3 is 2.32 bits per heavy atom. The normalized spacial score (nSPS) is 12.8. The molecule has 3 rings (SSSR count). The molecule has 2 unspecified atom stereocenters. The second-order valence-corrected chi connectivity index (χ2v) is 10.1. The van der Waals surface area contributed by atoms with Crippen LogP contribution in [0.4, 0.5) is 0 Å². The van der Waals surface area contributed by atoms with E-state index < -0.39 is 0 Å². The Bertz CT molecular complexity index is 1160. The van der Waals surface area contributed by atoms with Gasteiger partial charge in [0.2, 0.25) is 11.8 Å². The molecule has 7 heteroatoms. The van der Waals surface area contributed by atoms with Crippen LogP contribution in [0.5, 0.6) is 5.75 Å². The maximum Gasteiger partial charge on any atom is 0.243 e. The average molecular weight is 521 g/mol. The zero-order chi connectivity index (χ0) is 27.5. The van der Waals surface area contributed by atoms with Gasteiger partial charge in [0, 0.05) is 25.0 Å². The molecular weight excluding hydrogens is 476 g/mol. The van der Waals surface area contributed by atoms with Crippen molar-refractivity contribution in [2.75, 3.05) is 13.7 Å². The van der Waals surface area contributed by atoms with Crippen LogP contribution in [0.25, 0.3) is 11.0 Å². The van der Waals surface area contributed by atoms with E-state index in [4.69, 9.17) is 9.72 Å². The van der Waals surface area contributed by atoms with E-state index in [0.717, 1.165) is 66.7 Å². The van der Waals surface area contributed by atoms with Crippen molar-refractivity contribution in [3.8, 4) is 5.75 Å². The van der Waals surface area contributed by atoms with Gasteiger partial charge in [-0.2, -0.15) is 0 Å². The van der Waals surface area contributed by atoms with Crippen molar-refractivity contribution in [2.24, 2.45) is 0 Å². The number of fused-ring (bicyclic) bond motifs is 1. The number of rotatable bonds is 15. The summed E-state index contributed by atoms with van der Waals surface area (Å²) in [6, 6.07) is 16.0. The molecule has 2 amide bonds. The zero-order valence-electron chi connectivity index (χ0n) is 23.7. The first-order valence-corrected chi connectivity index (χ1v) is 14.0. The van der Waals surface area contributed by atoms with Crippen LogP contribution in [0.3, 0.4) is 0 Å². The smallest absolute Gasteiger partial charge is 0.243 e. The van der Waals surface area contributed by atoms with Crippen LogP contribution >= 0.6 is 0 Å². The van der Waals surface area contributed by atoms with E-state index in [2.05, 4.69) is 37.6 Å². The molecule has 0 radical (unpaired) electrons. The third kappa shape index (κ3) is 7.83. The minimum atomic E-state index is 0.0302. The largest absolute Gasteiger partial charge is 0.497 e. The van der Waals surface area contributed by atoms with E-state index in [0.29, 0.717) is 19.5 Å². The molecule has 1 aromatic heterocycles. The molecule has 0 saturated heterocycles. The maximum absolute atomic E-state index is 13.5. The van der Waals surface area contributed by atoms with Gasteiger partial charge in [-0.3, -0.25) is 9.59 Å². The lowest BCUT2D eigenvalue weighted by Gasteiger charge is -2.34. The molecule has 206 valence electrons. The number of hydrogen-bond donors (Lipinski definition) is 1. The fraction of sp³-hybridized carbons (Fsp3) is 0.516. The summed E-state index contributed by atoms with van der Waals surface area (Å²) in [5.41, 5.74) is 2.91. The number of carbonyl (C=O) groups is 2. The van der Waals surface area contributed by atoms with E-state index in [1.54, 1.807) is 7.11 Å². The van der Waals surface area contributed by atoms with Crippen LogP contribution in [0.15, 0.2) is 48.5 Å². The first-order chi connectivity index (χ1) is 18.4. The van der Waals surface area contributed by atoms with E-state index in [1.165, 1.54) is 0 Å². The minimum absolute atomic E-state index is 0.0302. The quantitative estimate of drug-likeness (QED) is 0.267. The summed E-state index contributed by atoms with van der Waals surface area (Å²) in [5, 5.41) is 3.02.